The molecule has 0 aliphatic carbocycles. The Labute approximate surface area is 189 Å². The standard InChI is InChI=1S/C15H10F2I2O9S/c16-15(17,29(22,23)24)13(21)26-7-3-9-14(4-8(7)25-9)27-11-5(12(20)28-14)1-2-6(18)10(11)19/h1-2,7-9H,3-4H2,(H,22,23,24)/p-1. The molecule has 1 aromatic rings. The maximum atomic E-state index is 13.4. The van der Waals surface area contributed by atoms with Crippen molar-refractivity contribution in [1.29, 1.82) is 0 Å². The summed E-state index contributed by atoms with van der Waals surface area (Å²) in [6, 6.07) is 3.28. The number of fused-ring (bicyclic) bond motifs is 4. The van der Waals surface area contributed by atoms with Crippen LogP contribution in [0.2, 0.25) is 0 Å². The average Bonchev–Trinajstić information content (AvgIpc) is 3.15. The van der Waals surface area contributed by atoms with Gasteiger partial charge < -0.3 is 23.5 Å². The summed E-state index contributed by atoms with van der Waals surface area (Å²) in [4.78, 5) is 23.9. The van der Waals surface area contributed by atoms with E-state index in [-0.39, 0.29) is 18.4 Å². The van der Waals surface area contributed by atoms with Crippen molar-refractivity contribution in [3.05, 3.63) is 24.8 Å². The van der Waals surface area contributed by atoms with Crippen molar-refractivity contribution in [1.82, 2.24) is 0 Å². The molecular weight excluding hydrogens is 648 g/mol. The largest absolute Gasteiger partial charge is 0.743 e. The van der Waals surface area contributed by atoms with Gasteiger partial charge in [0, 0.05) is 9.99 Å². The highest BCUT2D eigenvalue weighted by Gasteiger charge is 2.65. The summed E-state index contributed by atoms with van der Waals surface area (Å²) in [5.41, 5.74) is 0.228. The van der Waals surface area contributed by atoms with E-state index in [1.54, 1.807) is 12.1 Å². The second-order valence-electron chi connectivity index (χ2n) is 6.56. The minimum Gasteiger partial charge on any atom is -0.743 e. The molecule has 1 aromatic carbocycles. The monoisotopic (exact) mass is 657 g/mol. The van der Waals surface area contributed by atoms with E-state index in [1.165, 1.54) is 0 Å². The number of rotatable bonds is 3. The molecule has 3 aliphatic heterocycles. The van der Waals surface area contributed by atoms with Crippen molar-refractivity contribution in [3.8, 4) is 5.75 Å². The molecule has 4 atom stereocenters. The number of hydrogen-bond acceptors (Lipinski definition) is 9. The Balaban J connectivity index is 1.53. The van der Waals surface area contributed by atoms with E-state index in [9.17, 15) is 31.3 Å². The Hall–Kier alpha value is -0.850. The minimum atomic E-state index is -6.23. The fraction of sp³-hybridized carbons (Fsp3) is 0.467. The smallest absolute Gasteiger partial charge is 0.428 e. The van der Waals surface area contributed by atoms with Gasteiger partial charge in [-0.15, -0.1) is 0 Å². The lowest BCUT2D eigenvalue weighted by Gasteiger charge is -2.40. The van der Waals surface area contributed by atoms with Gasteiger partial charge in [-0.3, -0.25) is 0 Å². The van der Waals surface area contributed by atoms with Gasteiger partial charge in [-0.05, 0) is 57.3 Å². The number of carbonyl (C=O) groups is 2. The molecule has 2 bridgehead atoms. The maximum absolute atomic E-state index is 13.4. The highest BCUT2D eigenvalue weighted by Crippen LogP contribution is 2.50. The van der Waals surface area contributed by atoms with Crippen molar-refractivity contribution in [2.75, 3.05) is 0 Å². The van der Waals surface area contributed by atoms with Gasteiger partial charge in [0.2, 0.25) is 0 Å². The quantitative estimate of drug-likeness (QED) is 0.272. The van der Waals surface area contributed by atoms with Crippen molar-refractivity contribution in [3.63, 3.8) is 0 Å². The summed E-state index contributed by atoms with van der Waals surface area (Å²) in [5, 5.41) is -5.22. The van der Waals surface area contributed by atoms with Crippen LogP contribution >= 0.6 is 45.2 Å². The van der Waals surface area contributed by atoms with E-state index in [1.807, 2.05) is 22.6 Å². The first-order valence-electron chi connectivity index (χ1n) is 7.96. The summed E-state index contributed by atoms with van der Waals surface area (Å²) >= 11 is 4.08. The lowest BCUT2D eigenvalue weighted by Crippen LogP contribution is -2.54. The van der Waals surface area contributed by atoms with Crippen LogP contribution in [0.4, 0.5) is 8.78 Å². The third kappa shape index (κ3) is 3.30. The molecule has 14 heteroatoms. The average molecular weight is 657 g/mol. The molecular formula is C15H9F2I2O9S-. The molecule has 2 saturated heterocycles. The van der Waals surface area contributed by atoms with Gasteiger partial charge in [0.15, 0.2) is 15.9 Å². The fourth-order valence-corrected chi connectivity index (χ4v) is 4.69. The molecule has 0 amide bonds. The predicted octanol–water partition coefficient (Wildman–Crippen LogP) is 1.75. The number of benzene rings is 1. The molecule has 0 saturated carbocycles. The van der Waals surface area contributed by atoms with E-state index in [0.717, 1.165) is 3.57 Å². The van der Waals surface area contributed by atoms with Crippen molar-refractivity contribution < 1.29 is 50.3 Å². The summed E-state index contributed by atoms with van der Waals surface area (Å²) in [6.45, 7) is 0. The van der Waals surface area contributed by atoms with Gasteiger partial charge in [-0.25, -0.2) is 18.0 Å². The van der Waals surface area contributed by atoms with E-state index in [4.69, 9.17) is 14.2 Å². The van der Waals surface area contributed by atoms with Crippen LogP contribution in [-0.4, -0.2) is 54.3 Å². The molecule has 9 nitrogen and oxygen atoms in total. The highest BCUT2D eigenvalue weighted by molar-refractivity contribution is 14.1. The first-order chi connectivity index (χ1) is 13.4. The first kappa shape index (κ1) is 21.4. The Kier molecular flexibility index (Phi) is 5.03. The molecule has 29 heavy (non-hydrogen) atoms. The third-order valence-corrected chi connectivity index (χ3v) is 8.59. The van der Waals surface area contributed by atoms with Gasteiger partial charge in [-0.2, -0.15) is 8.78 Å². The summed E-state index contributed by atoms with van der Waals surface area (Å²) < 4.78 is 81.4. The topological polar surface area (TPSA) is 128 Å². The van der Waals surface area contributed by atoms with Gasteiger partial charge in [0.1, 0.15) is 23.9 Å². The van der Waals surface area contributed by atoms with E-state index in [0.29, 0.717) is 9.32 Å². The van der Waals surface area contributed by atoms with Crippen LogP contribution in [0.5, 0.6) is 5.75 Å². The predicted molar refractivity (Wildman–Crippen MR) is 103 cm³/mol. The zero-order valence-corrected chi connectivity index (χ0v) is 19.0. The molecule has 4 unspecified atom stereocenters. The second kappa shape index (κ2) is 6.83. The van der Waals surface area contributed by atoms with Crippen LogP contribution in [-0.2, 0) is 29.1 Å². The molecule has 0 N–H and O–H groups in total. The third-order valence-electron chi connectivity index (χ3n) is 4.80. The molecule has 3 aliphatic rings. The number of esters is 2. The number of hydrogen-bond donors (Lipinski definition) is 0. The lowest BCUT2D eigenvalue weighted by atomic mass is 9.90. The molecule has 1 spiro atoms. The van der Waals surface area contributed by atoms with Crippen LogP contribution < -0.4 is 4.74 Å². The molecule has 0 aromatic heterocycles. The van der Waals surface area contributed by atoms with Gasteiger partial charge in [0.05, 0.1) is 9.99 Å². The molecule has 4 rings (SSSR count). The number of alkyl halides is 2. The maximum Gasteiger partial charge on any atom is 0.428 e. The zero-order chi connectivity index (χ0) is 21.4. The van der Waals surface area contributed by atoms with E-state index in [2.05, 4.69) is 27.3 Å². The SMILES string of the molecule is O=C1OC2(CC3OC2CC3OC(=O)C(F)(F)S(=O)(=O)[O-])Oc2c1ccc(I)c2I. The Bertz CT molecular complexity index is 1030. The summed E-state index contributed by atoms with van der Waals surface area (Å²) in [5.74, 6) is -4.33. The molecule has 0 radical (unpaired) electrons. The molecule has 3 heterocycles. The van der Waals surface area contributed by atoms with Gasteiger partial charge in [0.25, 0.3) is 5.79 Å². The lowest BCUT2D eigenvalue weighted by molar-refractivity contribution is -0.192. The minimum absolute atomic E-state index is 0.127. The zero-order valence-electron chi connectivity index (χ0n) is 13.9. The van der Waals surface area contributed by atoms with Crippen LogP contribution in [0, 0.1) is 7.14 Å². The Morgan fingerprint density at radius 1 is 1.31 bits per heavy atom. The van der Waals surface area contributed by atoms with Crippen molar-refractivity contribution in [2.24, 2.45) is 0 Å². The van der Waals surface area contributed by atoms with Crippen LogP contribution in [0.1, 0.15) is 23.2 Å². The number of halogens is 4. The summed E-state index contributed by atoms with van der Waals surface area (Å²) in [7, 11) is -6.23. The van der Waals surface area contributed by atoms with Crippen molar-refractivity contribution in [2.45, 2.75) is 42.2 Å². The second-order valence-corrected chi connectivity index (χ2v) is 10.2. The van der Waals surface area contributed by atoms with Gasteiger partial charge in [-0.1, -0.05) is 0 Å². The number of ether oxygens (including phenoxy) is 4. The number of carbonyl (C=O) groups excluding carboxylic acids is 2. The molecule has 2 fully saturated rings. The van der Waals surface area contributed by atoms with Crippen molar-refractivity contribution >= 4 is 67.2 Å². The van der Waals surface area contributed by atoms with E-state index < -0.39 is 51.4 Å². The first-order valence-corrected chi connectivity index (χ1v) is 11.5. The van der Waals surface area contributed by atoms with E-state index >= 15 is 0 Å². The van der Waals surface area contributed by atoms with Crippen LogP contribution in [0.25, 0.3) is 0 Å². The summed E-state index contributed by atoms with van der Waals surface area (Å²) in [6.07, 6.45) is -3.48. The Morgan fingerprint density at radius 3 is 2.59 bits per heavy atom. The van der Waals surface area contributed by atoms with Crippen LogP contribution in [0.3, 0.4) is 0 Å². The molecule has 158 valence electrons. The fourth-order valence-electron chi connectivity index (χ4n) is 3.44. The normalized spacial score (nSPS) is 30.7. The Morgan fingerprint density at radius 2 is 2.00 bits per heavy atom. The van der Waals surface area contributed by atoms with Crippen LogP contribution in [0.15, 0.2) is 12.1 Å². The highest BCUT2D eigenvalue weighted by atomic mass is 127. The van der Waals surface area contributed by atoms with Gasteiger partial charge >= 0.3 is 17.2 Å².